The highest BCUT2D eigenvalue weighted by atomic mass is 16.9. The van der Waals surface area contributed by atoms with Crippen LogP contribution in [0.1, 0.15) is 57.4 Å². The summed E-state index contributed by atoms with van der Waals surface area (Å²) in [6.07, 6.45) is 8.89. The van der Waals surface area contributed by atoms with Gasteiger partial charge >= 0.3 is 0 Å². The first kappa shape index (κ1) is 25.4. The standard InChI is InChI=1S/C27H41NO3/c1-5-6-7-8-15-21-26(27(29-2,30-3)31-4,22-20-24-16-11-9-12-17-24)23-28-25-18-13-10-14-19-25/h9-14,16-19,28H,5-8,15,20-23H2,1-4H3. The highest BCUT2D eigenvalue weighted by Crippen LogP contribution is 2.45. The molecule has 31 heavy (non-hydrogen) atoms. The van der Waals surface area contributed by atoms with E-state index < -0.39 is 5.97 Å². The van der Waals surface area contributed by atoms with Gasteiger partial charge in [0.25, 0.3) is 5.97 Å². The van der Waals surface area contributed by atoms with Gasteiger partial charge in [0.1, 0.15) is 0 Å². The Balaban J connectivity index is 2.30. The van der Waals surface area contributed by atoms with Crippen LogP contribution in [0.5, 0.6) is 0 Å². The zero-order chi connectivity index (χ0) is 22.4. The lowest BCUT2D eigenvalue weighted by atomic mass is 9.74. The molecule has 1 N–H and O–H groups in total. The fourth-order valence-corrected chi connectivity index (χ4v) is 4.54. The van der Waals surface area contributed by atoms with E-state index in [9.17, 15) is 0 Å². The molecule has 0 saturated heterocycles. The number of hydrogen-bond acceptors (Lipinski definition) is 4. The van der Waals surface area contributed by atoms with Crippen molar-refractivity contribution < 1.29 is 14.2 Å². The Morgan fingerprint density at radius 1 is 0.710 bits per heavy atom. The summed E-state index contributed by atoms with van der Waals surface area (Å²) in [4.78, 5) is 0. The minimum atomic E-state index is -1.12. The third kappa shape index (κ3) is 7.06. The van der Waals surface area contributed by atoms with Gasteiger partial charge in [0, 0.05) is 33.6 Å². The molecular formula is C27H41NO3. The number of hydrogen-bond donors (Lipinski definition) is 1. The topological polar surface area (TPSA) is 39.7 Å². The minimum absolute atomic E-state index is 0.358. The zero-order valence-corrected chi connectivity index (χ0v) is 19.9. The molecule has 1 atom stereocenters. The van der Waals surface area contributed by atoms with Crippen molar-refractivity contribution in [3.63, 3.8) is 0 Å². The van der Waals surface area contributed by atoms with Gasteiger partial charge in [0.15, 0.2) is 0 Å². The van der Waals surface area contributed by atoms with Crippen LogP contribution >= 0.6 is 0 Å². The number of benzene rings is 2. The molecule has 0 fully saturated rings. The smallest absolute Gasteiger partial charge is 0.289 e. The van der Waals surface area contributed by atoms with Crippen molar-refractivity contribution in [1.29, 1.82) is 0 Å². The van der Waals surface area contributed by atoms with Gasteiger partial charge in [-0.1, -0.05) is 87.6 Å². The Kier molecular flexibility index (Phi) is 11.1. The quantitative estimate of drug-likeness (QED) is 0.240. The number of para-hydroxylation sites is 1. The highest BCUT2D eigenvalue weighted by Gasteiger charge is 2.53. The predicted octanol–water partition coefficient (Wildman–Crippen LogP) is 6.67. The maximum atomic E-state index is 5.97. The summed E-state index contributed by atoms with van der Waals surface area (Å²) in [5.74, 6) is -1.12. The van der Waals surface area contributed by atoms with Gasteiger partial charge in [0.05, 0.1) is 5.41 Å². The molecule has 0 heterocycles. The molecule has 0 bridgehead atoms. The van der Waals surface area contributed by atoms with Crippen LogP contribution in [0.4, 0.5) is 5.69 Å². The Bertz CT molecular complexity index is 649. The maximum absolute atomic E-state index is 5.97. The van der Waals surface area contributed by atoms with Crippen LogP contribution in [0, 0.1) is 5.41 Å². The van der Waals surface area contributed by atoms with E-state index in [1.54, 1.807) is 21.3 Å². The number of anilines is 1. The lowest BCUT2D eigenvalue weighted by molar-refractivity contribution is -0.407. The molecule has 0 aliphatic heterocycles. The Hall–Kier alpha value is -1.88. The largest absolute Gasteiger partial charge is 0.384 e. The first-order valence-electron chi connectivity index (χ1n) is 11.6. The number of unbranched alkanes of at least 4 members (excludes halogenated alkanes) is 4. The van der Waals surface area contributed by atoms with Gasteiger partial charge in [-0.05, 0) is 37.0 Å². The lowest BCUT2D eigenvalue weighted by Crippen LogP contribution is -2.56. The zero-order valence-electron chi connectivity index (χ0n) is 19.9. The van der Waals surface area contributed by atoms with Crippen molar-refractivity contribution in [2.75, 3.05) is 33.2 Å². The van der Waals surface area contributed by atoms with Crippen molar-refractivity contribution >= 4 is 5.69 Å². The molecule has 4 nitrogen and oxygen atoms in total. The Morgan fingerprint density at radius 3 is 1.87 bits per heavy atom. The third-order valence-electron chi connectivity index (χ3n) is 6.35. The molecule has 0 radical (unpaired) electrons. The average Bonchev–Trinajstić information content (AvgIpc) is 2.83. The van der Waals surface area contributed by atoms with Gasteiger partial charge in [0.2, 0.25) is 0 Å². The lowest BCUT2D eigenvalue weighted by Gasteiger charge is -2.47. The summed E-state index contributed by atoms with van der Waals surface area (Å²) in [6, 6.07) is 20.9. The van der Waals surface area contributed by atoms with Crippen molar-refractivity contribution in [2.24, 2.45) is 5.41 Å². The van der Waals surface area contributed by atoms with E-state index in [4.69, 9.17) is 14.2 Å². The molecule has 0 aromatic heterocycles. The van der Waals surface area contributed by atoms with Crippen molar-refractivity contribution in [3.8, 4) is 0 Å². The first-order chi connectivity index (χ1) is 15.1. The number of rotatable bonds is 16. The summed E-state index contributed by atoms with van der Waals surface area (Å²) in [6.45, 7) is 2.95. The minimum Gasteiger partial charge on any atom is -0.384 e. The number of methoxy groups -OCH3 is 3. The van der Waals surface area contributed by atoms with Gasteiger partial charge in [-0.2, -0.15) is 0 Å². The SMILES string of the molecule is CCCCCCCC(CCc1ccccc1)(CNc1ccccc1)C(OC)(OC)OC. The number of ether oxygens (including phenoxy) is 3. The van der Waals surface area contributed by atoms with Crippen LogP contribution in [0.15, 0.2) is 60.7 Å². The third-order valence-corrected chi connectivity index (χ3v) is 6.35. The first-order valence-corrected chi connectivity index (χ1v) is 11.6. The van der Waals surface area contributed by atoms with E-state index in [0.717, 1.165) is 31.4 Å². The number of nitrogens with one attached hydrogen (secondary N) is 1. The molecule has 4 heteroatoms. The number of aryl methyl sites for hydroxylation is 1. The monoisotopic (exact) mass is 427 g/mol. The normalized spacial score (nSPS) is 13.7. The molecule has 2 aromatic rings. The summed E-state index contributed by atoms with van der Waals surface area (Å²) in [5.41, 5.74) is 2.05. The van der Waals surface area contributed by atoms with Crippen LogP contribution in [0.25, 0.3) is 0 Å². The summed E-state index contributed by atoms with van der Waals surface area (Å²) < 4.78 is 17.9. The van der Waals surface area contributed by atoms with Crippen LogP contribution < -0.4 is 5.32 Å². The molecule has 1 unspecified atom stereocenters. The van der Waals surface area contributed by atoms with Crippen molar-refractivity contribution in [1.82, 2.24) is 0 Å². The molecule has 0 aliphatic rings. The highest BCUT2D eigenvalue weighted by molar-refractivity contribution is 5.42. The maximum Gasteiger partial charge on any atom is 0.289 e. The van der Waals surface area contributed by atoms with E-state index in [0.29, 0.717) is 6.54 Å². The van der Waals surface area contributed by atoms with E-state index in [1.165, 1.54) is 31.2 Å². The second kappa shape index (κ2) is 13.5. The van der Waals surface area contributed by atoms with E-state index >= 15 is 0 Å². The summed E-state index contributed by atoms with van der Waals surface area (Å²) >= 11 is 0. The average molecular weight is 428 g/mol. The molecule has 0 aliphatic carbocycles. The predicted molar refractivity (Wildman–Crippen MR) is 129 cm³/mol. The van der Waals surface area contributed by atoms with Gasteiger partial charge in [-0.3, -0.25) is 0 Å². The summed E-state index contributed by atoms with van der Waals surface area (Å²) in [7, 11) is 5.05. The molecule has 2 rings (SSSR count). The van der Waals surface area contributed by atoms with Crippen molar-refractivity contribution in [2.45, 2.75) is 64.3 Å². The van der Waals surface area contributed by atoms with Gasteiger partial charge in [-0.25, -0.2) is 0 Å². The molecule has 172 valence electrons. The molecule has 0 amide bonds. The van der Waals surface area contributed by atoms with Crippen LogP contribution in [-0.4, -0.2) is 33.8 Å². The molecule has 0 spiro atoms. The van der Waals surface area contributed by atoms with Crippen LogP contribution in [0.2, 0.25) is 0 Å². The van der Waals surface area contributed by atoms with E-state index in [2.05, 4.69) is 66.8 Å². The van der Waals surface area contributed by atoms with Gasteiger partial charge in [-0.15, -0.1) is 0 Å². The van der Waals surface area contributed by atoms with Crippen molar-refractivity contribution in [3.05, 3.63) is 66.2 Å². The Labute approximate surface area is 189 Å². The Morgan fingerprint density at radius 2 is 1.29 bits per heavy atom. The molecular weight excluding hydrogens is 386 g/mol. The molecule has 2 aromatic carbocycles. The summed E-state index contributed by atoms with van der Waals surface area (Å²) in [5, 5.41) is 3.64. The molecule has 0 saturated carbocycles. The fourth-order valence-electron chi connectivity index (χ4n) is 4.54. The second-order valence-electron chi connectivity index (χ2n) is 8.32. The second-order valence-corrected chi connectivity index (χ2v) is 8.32. The van der Waals surface area contributed by atoms with E-state index in [1.807, 2.05) is 6.07 Å². The fraction of sp³-hybridized carbons (Fsp3) is 0.556. The van der Waals surface area contributed by atoms with E-state index in [-0.39, 0.29) is 5.41 Å². The van der Waals surface area contributed by atoms with Crippen LogP contribution in [-0.2, 0) is 20.6 Å². The van der Waals surface area contributed by atoms with Crippen LogP contribution in [0.3, 0.4) is 0 Å². The van der Waals surface area contributed by atoms with Gasteiger partial charge < -0.3 is 19.5 Å².